The van der Waals surface area contributed by atoms with E-state index in [-0.39, 0.29) is 12.1 Å². The largest absolute Gasteiger partial charge is 0.335 e. The van der Waals surface area contributed by atoms with E-state index in [1.165, 1.54) is 6.08 Å². The number of nitrogens with zero attached hydrogens (tertiary/aromatic N) is 2. The zero-order chi connectivity index (χ0) is 25.5. The lowest BCUT2D eigenvalue weighted by molar-refractivity contribution is -0.111. The van der Waals surface area contributed by atoms with Crippen LogP contribution in [-0.4, -0.2) is 28.9 Å². The van der Waals surface area contributed by atoms with Crippen molar-refractivity contribution in [3.8, 4) is 11.3 Å². The molecule has 0 fully saturated rings. The second-order valence-corrected chi connectivity index (χ2v) is 10.3. The summed E-state index contributed by atoms with van der Waals surface area (Å²) in [4.78, 5) is 12.6. The maximum Gasteiger partial charge on any atom is 0.335 e. The fourth-order valence-corrected chi connectivity index (χ4v) is 5.83. The van der Waals surface area contributed by atoms with Gasteiger partial charge in [0, 0.05) is 29.9 Å². The Labute approximate surface area is 211 Å². The van der Waals surface area contributed by atoms with Gasteiger partial charge in [-0.2, -0.15) is 5.10 Å². The summed E-state index contributed by atoms with van der Waals surface area (Å²) in [5, 5.41) is 9.55. The van der Waals surface area contributed by atoms with Crippen molar-refractivity contribution in [2.24, 2.45) is 7.05 Å². The first-order valence-corrected chi connectivity index (χ1v) is 13.6. The molecule has 0 radical (unpaired) electrons. The monoisotopic (exact) mass is 503 g/mol. The molecule has 1 heterocycles. The molecule has 4 rings (SSSR count). The zero-order valence-electron chi connectivity index (χ0n) is 20.7. The summed E-state index contributed by atoms with van der Waals surface area (Å²) in [6, 6.07) is 21.5. The highest BCUT2D eigenvalue weighted by atomic mass is 31.2. The molecular weight excluding hydrogens is 473 g/mol. The lowest BCUT2D eigenvalue weighted by Crippen LogP contribution is -2.07. The summed E-state index contributed by atoms with van der Waals surface area (Å²) < 4.78 is 25.3. The predicted octanol–water partition coefficient (Wildman–Crippen LogP) is 6.66. The topological polar surface area (TPSA) is 82.5 Å². The molecule has 0 bridgehead atoms. The molecule has 0 unspecified atom stereocenters. The molecule has 0 aliphatic carbocycles. The molecule has 0 saturated carbocycles. The normalized spacial score (nSPS) is 11.9. The van der Waals surface area contributed by atoms with Gasteiger partial charge in [0.2, 0.25) is 5.91 Å². The van der Waals surface area contributed by atoms with Gasteiger partial charge < -0.3 is 14.4 Å². The van der Waals surface area contributed by atoms with Gasteiger partial charge in [-0.15, -0.1) is 0 Å². The Bertz CT molecular complexity index is 1410. The third kappa shape index (κ3) is 6.00. The van der Waals surface area contributed by atoms with Gasteiger partial charge in [-0.3, -0.25) is 14.0 Å². The van der Waals surface area contributed by atoms with Crippen molar-refractivity contribution in [3.63, 3.8) is 0 Å². The number of aromatic nitrogens is 2. The highest BCUT2D eigenvalue weighted by Crippen LogP contribution is 2.51. The van der Waals surface area contributed by atoms with Crippen LogP contribution in [0.2, 0.25) is 0 Å². The van der Waals surface area contributed by atoms with E-state index < -0.39 is 7.60 Å². The number of rotatable bonds is 10. The van der Waals surface area contributed by atoms with Crippen molar-refractivity contribution in [2.45, 2.75) is 20.0 Å². The first kappa shape index (κ1) is 25.6. The van der Waals surface area contributed by atoms with Crippen molar-refractivity contribution in [1.82, 2.24) is 9.78 Å². The van der Waals surface area contributed by atoms with Crippen LogP contribution >= 0.6 is 7.60 Å². The SMILES string of the molecule is CCOP(=O)(Cc1ccc(NC(=O)C=Cc2cnn(C)c2-c2cccc3ccccc23)cc1)OCC. The van der Waals surface area contributed by atoms with Crippen molar-refractivity contribution >= 4 is 36.0 Å². The van der Waals surface area contributed by atoms with Gasteiger partial charge in [0.15, 0.2) is 0 Å². The molecule has 0 aliphatic heterocycles. The number of amides is 1. The van der Waals surface area contributed by atoms with Crippen LogP contribution in [0.25, 0.3) is 28.1 Å². The fraction of sp³-hybridized carbons (Fsp3) is 0.214. The van der Waals surface area contributed by atoms with Crippen molar-refractivity contribution < 1.29 is 18.4 Å². The Hall–Kier alpha value is -3.51. The Kier molecular flexibility index (Phi) is 8.16. The third-order valence-corrected chi connectivity index (χ3v) is 7.73. The minimum atomic E-state index is -3.18. The molecule has 1 amide bonds. The van der Waals surface area contributed by atoms with Crippen LogP contribution in [0.5, 0.6) is 0 Å². The van der Waals surface area contributed by atoms with Crippen LogP contribution in [0, 0.1) is 0 Å². The van der Waals surface area contributed by atoms with Gasteiger partial charge in [0.05, 0.1) is 31.3 Å². The lowest BCUT2D eigenvalue weighted by atomic mass is 10.00. The number of benzene rings is 3. The van der Waals surface area contributed by atoms with Crippen LogP contribution in [-0.2, 0) is 31.6 Å². The second-order valence-electron chi connectivity index (χ2n) is 8.22. The van der Waals surface area contributed by atoms with E-state index in [9.17, 15) is 9.36 Å². The molecule has 1 aromatic heterocycles. The number of hydrogen-bond acceptors (Lipinski definition) is 5. The molecule has 4 aromatic rings. The smallest absolute Gasteiger partial charge is 0.323 e. The molecule has 0 atom stereocenters. The summed E-state index contributed by atoms with van der Waals surface area (Å²) in [6.07, 6.45) is 5.21. The average Bonchev–Trinajstić information content (AvgIpc) is 3.24. The van der Waals surface area contributed by atoms with E-state index in [2.05, 4.69) is 34.7 Å². The van der Waals surface area contributed by atoms with E-state index in [4.69, 9.17) is 9.05 Å². The van der Waals surface area contributed by atoms with Crippen LogP contribution in [0.4, 0.5) is 5.69 Å². The number of fused-ring (bicyclic) bond motifs is 1. The van der Waals surface area contributed by atoms with E-state index in [0.29, 0.717) is 18.9 Å². The lowest BCUT2D eigenvalue weighted by Gasteiger charge is -2.17. The Morgan fingerprint density at radius 3 is 2.42 bits per heavy atom. The first-order valence-electron chi connectivity index (χ1n) is 11.9. The van der Waals surface area contributed by atoms with E-state index in [0.717, 1.165) is 33.2 Å². The molecule has 0 saturated heterocycles. The fourth-order valence-electron chi connectivity index (χ4n) is 4.13. The van der Waals surface area contributed by atoms with Crippen LogP contribution in [0.1, 0.15) is 25.0 Å². The van der Waals surface area contributed by atoms with Crippen LogP contribution < -0.4 is 5.32 Å². The summed E-state index contributed by atoms with van der Waals surface area (Å²) in [6.45, 7) is 4.20. The molecule has 7 nitrogen and oxygen atoms in total. The number of aryl methyl sites for hydroxylation is 1. The first-order chi connectivity index (χ1) is 17.4. The Morgan fingerprint density at radius 1 is 1.00 bits per heavy atom. The number of carbonyl (C=O) groups is 1. The summed E-state index contributed by atoms with van der Waals surface area (Å²) in [7, 11) is -1.28. The maximum atomic E-state index is 12.7. The molecule has 36 heavy (non-hydrogen) atoms. The van der Waals surface area contributed by atoms with Gasteiger partial charge in [0.25, 0.3) is 0 Å². The summed E-state index contributed by atoms with van der Waals surface area (Å²) in [5.74, 6) is -0.259. The van der Waals surface area contributed by atoms with Crippen LogP contribution in [0.3, 0.4) is 0 Å². The highest BCUT2D eigenvalue weighted by Gasteiger charge is 2.23. The minimum absolute atomic E-state index is 0.181. The quantitative estimate of drug-likeness (QED) is 0.193. The van der Waals surface area contributed by atoms with E-state index in [1.54, 1.807) is 38.3 Å². The number of nitrogens with one attached hydrogen (secondary N) is 1. The molecule has 1 N–H and O–H groups in total. The molecule has 0 spiro atoms. The van der Waals surface area contributed by atoms with E-state index >= 15 is 0 Å². The number of hydrogen-bond donors (Lipinski definition) is 1. The Balaban J connectivity index is 1.47. The molecular formula is C28H30N3O4P. The van der Waals surface area contributed by atoms with E-state index in [1.807, 2.05) is 42.1 Å². The standard InChI is InChI=1S/C28H30N3O4P/c1-4-34-36(33,35-5-2)20-21-13-16-24(17-14-21)30-27(32)18-15-23-19-29-31(3)28(23)26-12-8-10-22-9-6-7-11-25(22)26/h6-19H,4-5,20H2,1-3H3,(H,30,32). The minimum Gasteiger partial charge on any atom is -0.323 e. The number of carbonyl (C=O) groups excluding carboxylic acids is 1. The highest BCUT2D eigenvalue weighted by molar-refractivity contribution is 7.53. The van der Waals surface area contributed by atoms with Gasteiger partial charge in [-0.25, -0.2) is 0 Å². The van der Waals surface area contributed by atoms with Gasteiger partial charge in [0.1, 0.15) is 0 Å². The van der Waals surface area contributed by atoms with Gasteiger partial charge >= 0.3 is 7.60 Å². The van der Waals surface area contributed by atoms with Crippen molar-refractivity contribution in [2.75, 3.05) is 18.5 Å². The van der Waals surface area contributed by atoms with Crippen molar-refractivity contribution in [1.29, 1.82) is 0 Å². The van der Waals surface area contributed by atoms with Crippen LogP contribution in [0.15, 0.2) is 79.0 Å². The van der Waals surface area contributed by atoms with Gasteiger partial charge in [-0.05, 0) is 48.4 Å². The van der Waals surface area contributed by atoms with Crippen molar-refractivity contribution in [3.05, 3.63) is 90.1 Å². The Morgan fingerprint density at radius 2 is 1.69 bits per heavy atom. The molecule has 186 valence electrons. The molecule has 8 heteroatoms. The summed E-state index contributed by atoms with van der Waals surface area (Å²) in [5.41, 5.74) is 4.29. The predicted molar refractivity (Wildman–Crippen MR) is 145 cm³/mol. The maximum absolute atomic E-state index is 12.7. The average molecular weight is 504 g/mol. The number of anilines is 1. The molecule has 3 aromatic carbocycles. The summed E-state index contributed by atoms with van der Waals surface area (Å²) >= 11 is 0. The molecule has 0 aliphatic rings. The van der Waals surface area contributed by atoms with Gasteiger partial charge in [-0.1, -0.05) is 54.6 Å². The third-order valence-electron chi connectivity index (χ3n) is 5.68. The second kappa shape index (κ2) is 11.5. The zero-order valence-corrected chi connectivity index (χ0v) is 21.6.